The van der Waals surface area contributed by atoms with Gasteiger partial charge in [0, 0.05) is 12.0 Å². The SMILES string of the molecule is C#CCOc1cnc(C(=O)Cc2ccc(F)c([C@]3(C)CO[C@@](C)(C(F)(F)F)C(N)=N3)c2)c(N)n1. The molecule has 0 bridgehead atoms. The molecule has 2 atom stereocenters. The summed E-state index contributed by atoms with van der Waals surface area (Å²) in [6, 6.07) is 3.75. The summed E-state index contributed by atoms with van der Waals surface area (Å²) in [5.74, 6) is 0.0124. The lowest BCUT2D eigenvalue weighted by Crippen LogP contribution is -2.60. The molecule has 2 aromatic rings. The van der Waals surface area contributed by atoms with Crippen molar-refractivity contribution >= 4 is 17.4 Å². The van der Waals surface area contributed by atoms with E-state index >= 15 is 0 Å². The van der Waals surface area contributed by atoms with E-state index in [1.165, 1.54) is 25.3 Å². The zero-order valence-electron chi connectivity index (χ0n) is 18.2. The Morgan fingerprint density at radius 2 is 2.03 bits per heavy atom. The first kappa shape index (κ1) is 24.9. The minimum absolute atomic E-state index is 0.0441. The lowest BCUT2D eigenvalue weighted by atomic mass is 9.88. The quantitative estimate of drug-likeness (QED) is 0.371. The Morgan fingerprint density at radius 1 is 1.32 bits per heavy atom. The van der Waals surface area contributed by atoms with Crippen LogP contribution in [-0.2, 0) is 16.7 Å². The smallest absolute Gasteiger partial charge is 0.424 e. The minimum atomic E-state index is -4.81. The lowest BCUT2D eigenvalue weighted by molar-refractivity contribution is -0.249. The number of benzene rings is 1. The van der Waals surface area contributed by atoms with E-state index in [9.17, 15) is 22.4 Å². The second kappa shape index (κ2) is 8.90. The zero-order valence-corrected chi connectivity index (χ0v) is 18.2. The van der Waals surface area contributed by atoms with Gasteiger partial charge in [0.2, 0.25) is 11.5 Å². The summed E-state index contributed by atoms with van der Waals surface area (Å²) in [4.78, 5) is 24.5. The van der Waals surface area contributed by atoms with Gasteiger partial charge in [-0.2, -0.15) is 18.2 Å². The summed E-state index contributed by atoms with van der Waals surface area (Å²) in [6.45, 7) is 1.50. The number of ether oxygens (including phenoxy) is 2. The van der Waals surface area contributed by atoms with Crippen molar-refractivity contribution in [3.8, 4) is 18.2 Å². The number of amidine groups is 1. The van der Waals surface area contributed by atoms with Gasteiger partial charge in [0.15, 0.2) is 18.2 Å². The third kappa shape index (κ3) is 4.65. The van der Waals surface area contributed by atoms with E-state index in [1.54, 1.807) is 0 Å². The van der Waals surface area contributed by atoms with E-state index in [0.29, 0.717) is 5.56 Å². The van der Waals surface area contributed by atoms with Gasteiger partial charge in [-0.3, -0.25) is 9.79 Å². The fourth-order valence-corrected chi connectivity index (χ4v) is 3.28. The number of nitrogen functional groups attached to an aromatic ring is 1. The van der Waals surface area contributed by atoms with E-state index in [0.717, 1.165) is 13.0 Å². The van der Waals surface area contributed by atoms with E-state index in [4.69, 9.17) is 27.4 Å². The summed E-state index contributed by atoms with van der Waals surface area (Å²) >= 11 is 0. The maximum Gasteiger partial charge on any atom is 0.424 e. The highest BCUT2D eigenvalue weighted by molar-refractivity contribution is 5.99. The Hall–Kier alpha value is -3.72. The van der Waals surface area contributed by atoms with Crippen molar-refractivity contribution in [2.75, 3.05) is 18.9 Å². The number of anilines is 1. The Bertz CT molecular complexity index is 1190. The number of nitrogens with two attached hydrogens (primary N) is 2. The normalized spacial score (nSPS) is 22.6. The number of nitrogens with zero attached hydrogens (tertiary/aromatic N) is 3. The zero-order chi connectivity index (χ0) is 25.3. The first-order chi connectivity index (χ1) is 15.8. The van der Waals surface area contributed by atoms with Crippen LogP contribution in [0.25, 0.3) is 0 Å². The fourth-order valence-electron chi connectivity index (χ4n) is 3.28. The monoisotopic (exact) mass is 479 g/mol. The van der Waals surface area contributed by atoms with Crippen molar-refractivity contribution in [3.05, 3.63) is 47.0 Å². The van der Waals surface area contributed by atoms with Crippen LogP contribution in [0.4, 0.5) is 23.4 Å². The Kier molecular flexibility index (Phi) is 6.53. The fraction of sp³-hybridized carbons (Fsp3) is 0.364. The largest absolute Gasteiger partial charge is 0.463 e. The number of carbonyl (C=O) groups excluding carboxylic acids is 1. The number of ketones is 1. The first-order valence-electron chi connectivity index (χ1n) is 9.88. The molecular formula is C22H21F4N5O3. The maximum absolute atomic E-state index is 14.7. The Labute approximate surface area is 192 Å². The molecule has 0 amide bonds. The number of rotatable bonds is 6. The molecule has 4 N–H and O–H groups in total. The second-order valence-electron chi connectivity index (χ2n) is 7.94. The lowest BCUT2D eigenvalue weighted by Gasteiger charge is -2.41. The summed E-state index contributed by atoms with van der Waals surface area (Å²) in [7, 11) is 0. The number of alkyl halides is 3. The van der Waals surface area contributed by atoms with Crippen molar-refractivity contribution in [2.24, 2.45) is 10.7 Å². The number of aromatic nitrogens is 2. The van der Waals surface area contributed by atoms with Crippen LogP contribution < -0.4 is 16.2 Å². The summed E-state index contributed by atoms with van der Waals surface area (Å²) in [5, 5.41) is 0. The van der Waals surface area contributed by atoms with Gasteiger partial charge in [0.25, 0.3) is 0 Å². The molecule has 0 spiro atoms. The van der Waals surface area contributed by atoms with Crippen LogP contribution in [0.5, 0.6) is 5.88 Å². The van der Waals surface area contributed by atoms with E-state index < -0.39 is 41.4 Å². The molecule has 8 nitrogen and oxygen atoms in total. The molecule has 0 aliphatic carbocycles. The van der Waals surface area contributed by atoms with Gasteiger partial charge in [-0.05, 0) is 31.5 Å². The Morgan fingerprint density at radius 3 is 2.62 bits per heavy atom. The number of hydrogen-bond acceptors (Lipinski definition) is 8. The molecule has 3 rings (SSSR count). The van der Waals surface area contributed by atoms with Gasteiger partial charge in [-0.25, -0.2) is 9.37 Å². The molecule has 1 aromatic heterocycles. The van der Waals surface area contributed by atoms with Crippen LogP contribution in [0, 0.1) is 18.2 Å². The van der Waals surface area contributed by atoms with Crippen molar-refractivity contribution < 1.29 is 31.8 Å². The molecule has 34 heavy (non-hydrogen) atoms. The summed E-state index contributed by atoms with van der Waals surface area (Å²) < 4.78 is 64.9. The predicted molar refractivity (Wildman–Crippen MR) is 115 cm³/mol. The van der Waals surface area contributed by atoms with Crippen molar-refractivity contribution in [3.63, 3.8) is 0 Å². The first-order valence-corrected chi connectivity index (χ1v) is 9.88. The molecule has 2 heterocycles. The maximum atomic E-state index is 14.7. The van der Waals surface area contributed by atoms with E-state index in [-0.39, 0.29) is 36.0 Å². The summed E-state index contributed by atoms with van der Waals surface area (Å²) in [5.41, 5.74) is 7.18. The van der Waals surface area contributed by atoms with Crippen LogP contribution in [0.2, 0.25) is 0 Å². The molecule has 12 heteroatoms. The van der Waals surface area contributed by atoms with Gasteiger partial charge in [-0.15, -0.1) is 6.42 Å². The van der Waals surface area contributed by atoms with Gasteiger partial charge in [0.1, 0.15) is 22.9 Å². The van der Waals surface area contributed by atoms with Crippen LogP contribution in [0.15, 0.2) is 29.4 Å². The number of halogens is 4. The second-order valence-corrected chi connectivity index (χ2v) is 7.94. The van der Waals surface area contributed by atoms with Crippen LogP contribution in [-0.4, -0.2) is 46.6 Å². The molecule has 180 valence electrons. The van der Waals surface area contributed by atoms with Gasteiger partial charge in [0.05, 0.1) is 12.8 Å². The van der Waals surface area contributed by atoms with Gasteiger partial charge in [-0.1, -0.05) is 12.0 Å². The van der Waals surface area contributed by atoms with Crippen molar-refractivity contribution in [1.82, 2.24) is 9.97 Å². The topological polar surface area (TPSA) is 126 Å². The van der Waals surface area contributed by atoms with Crippen molar-refractivity contribution in [2.45, 2.75) is 37.6 Å². The molecule has 0 saturated heterocycles. The molecule has 1 aromatic carbocycles. The molecule has 0 radical (unpaired) electrons. The van der Waals surface area contributed by atoms with E-state index in [2.05, 4.69) is 20.9 Å². The number of aliphatic imine (C=N–C) groups is 1. The van der Waals surface area contributed by atoms with Crippen LogP contribution in [0.3, 0.4) is 0 Å². The molecular weight excluding hydrogens is 458 g/mol. The van der Waals surface area contributed by atoms with E-state index in [1.807, 2.05) is 0 Å². The third-order valence-corrected chi connectivity index (χ3v) is 5.36. The molecule has 0 saturated carbocycles. The van der Waals surface area contributed by atoms with Gasteiger partial charge < -0.3 is 20.9 Å². The average Bonchev–Trinajstić information content (AvgIpc) is 2.75. The minimum Gasteiger partial charge on any atom is -0.463 e. The Balaban J connectivity index is 1.88. The molecule has 0 unspecified atom stereocenters. The number of hydrogen-bond donors (Lipinski definition) is 2. The van der Waals surface area contributed by atoms with Gasteiger partial charge >= 0.3 is 6.18 Å². The van der Waals surface area contributed by atoms with Crippen LogP contribution >= 0.6 is 0 Å². The highest BCUT2D eigenvalue weighted by Crippen LogP contribution is 2.41. The van der Waals surface area contributed by atoms with Crippen molar-refractivity contribution in [1.29, 1.82) is 0 Å². The average molecular weight is 479 g/mol. The number of terminal acetylenes is 1. The highest BCUT2D eigenvalue weighted by atomic mass is 19.4. The number of Topliss-reactive ketones (excluding diaryl/α,β-unsaturated/α-hetero) is 1. The predicted octanol–water partition coefficient (Wildman–Crippen LogP) is 2.56. The number of carbonyl (C=O) groups is 1. The third-order valence-electron chi connectivity index (χ3n) is 5.36. The molecule has 0 fully saturated rings. The molecule has 1 aliphatic heterocycles. The standard InChI is InChI=1S/C22H21F4N5O3/c1-4-7-33-16-10-29-17(18(27)30-16)15(32)9-12-5-6-14(23)13(8-12)20(2)11-34-21(3,19(28)31-20)22(24,25)26/h1,5-6,8,10H,7,9,11H2,2-3H3,(H2,27,30)(H2,28,31)/t20-,21+/m0/s1. The highest BCUT2D eigenvalue weighted by Gasteiger charge is 2.59. The summed E-state index contributed by atoms with van der Waals surface area (Å²) in [6.07, 6.45) is 1.23. The molecule has 1 aliphatic rings. The van der Waals surface area contributed by atoms with Crippen LogP contribution in [0.1, 0.15) is 35.5 Å².